The van der Waals surface area contributed by atoms with Crippen LogP contribution in [0.25, 0.3) is 32.1 Å². The van der Waals surface area contributed by atoms with Crippen molar-refractivity contribution in [2.45, 2.75) is 78.4 Å². The van der Waals surface area contributed by atoms with Crippen LogP contribution in [0.5, 0.6) is 0 Å². The topological polar surface area (TPSA) is 112 Å². The molecule has 230 valence electrons. The smallest absolute Gasteiger partial charge is 0.412 e. The highest BCUT2D eigenvalue weighted by atomic mass is 32.1. The lowest BCUT2D eigenvalue weighted by Gasteiger charge is -2.28. The van der Waals surface area contributed by atoms with E-state index in [1.807, 2.05) is 4.90 Å². The Morgan fingerprint density at radius 3 is 2.68 bits per heavy atom. The van der Waals surface area contributed by atoms with Crippen LogP contribution in [0.15, 0.2) is 18.3 Å². The minimum absolute atomic E-state index is 0.00334. The minimum atomic E-state index is -0.765. The van der Waals surface area contributed by atoms with E-state index >= 15 is 8.78 Å². The van der Waals surface area contributed by atoms with Gasteiger partial charge in [0.05, 0.1) is 18.8 Å². The first kappa shape index (κ1) is 30.1. The first-order valence-electron chi connectivity index (χ1n) is 14.5. The first-order valence-corrected chi connectivity index (χ1v) is 15.4. The number of nitrogens with zero attached hydrogens (tertiary/aromatic N) is 4. The van der Waals surface area contributed by atoms with Gasteiger partial charge in [-0.3, -0.25) is 5.32 Å². The summed E-state index contributed by atoms with van der Waals surface area (Å²) in [5, 5.41) is 17.3. The average Bonchev–Trinajstić information content (AvgIpc) is 3.65. The molecule has 6 rings (SSSR count). The number of thiophene rings is 1. The molecule has 0 aliphatic carbocycles. The molecule has 2 N–H and O–H groups in total. The van der Waals surface area contributed by atoms with Gasteiger partial charge in [0.2, 0.25) is 5.95 Å². The maximum absolute atomic E-state index is 16.8. The molecule has 0 spiro atoms. The van der Waals surface area contributed by atoms with Crippen LogP contribution < -0.4 is 15.5 Å². The number of fused-ring (bicyclic) bond motifs is 4. The van der Waals surface area contributed by atoms with Gasteiger partial charge in [-0.05, 0) is 57.4 Å². The molecule has 4 aromatic rings. The van der Waals surface area contributed by atoms with E-state index in [1.165, 1.54) is 12.1 Å². The van der Waals surface area contributed by atoms with Crippen LogP contribution in [0.3, 0.4) is 0 Å². The molecule has 1 saturated heterocycles. The third kappa shape index (κ3) is 5.33. The number of hydrogen-bond donors (Lipinski definition) is 2. The van der Waals surface area contributed by atoms with Crippen molar-refractivity contribution in [1.82, 2.24) is 15.3 Å². The van der Waals surface area contributed by atoms with E-state index in [-0.39, 0.29) is 51.3 Å². The fraction of sp³-hybridized carbons (Fsp3) is 0.438. The SMILES string of the molecule is CC(C)N[C@@]1(C)CCN(c2ncc3c4c(c(-c5c(F)ccc6sc(NC(=O)OC(C)(C)C)c(C#N)c56)c(F)c3n2)COC4)C1. The highest BCUT2D eigenvalue weighted by molar-refractivity contribution is 7.23. The summed E-state index contributed by atoms with van der Waals surface area (Å²) in [5.74, 6) is -1.02. The van der Waals surface area contributed by atoms with E-state index < -0.39 is 23.3 Å². The summed E-state index contributed by atoms with van der Waals surface area (Å²) in [6.07, 6.45) is 1.74. The molecule has 0 saturated carbocycles. The molecule has 0 bridgehead atoms. The number of carbonyl (C=O) groups excluding carboxylic acids is 1. The molecule has 9 nitrogen and oxygen atoms in total. The van der Waals surface area contributed by atoms with Crippen LogP contribution in [-0.4, -0.2) is 46.3 Å². The number of nitriles is 1. The van der Waals surface area contributed by atoms with Gasteiger partial charge in [-0.2, -0.15) is 5.26 Å². The lowest BCUT2D eigenvalue weighted by Crippen LogP contribution is -2.48. The van der Waals surface area contributed by atoms with Gasteiger partial charge in [-0.1, -0.05) is 13.8 Å². The highest BCUT2D eigenvalue weighted by Gasteiger charge is 2.36. The van der Waals surface area contributed by atoms with Gasteiger partial charge >= 0.3 is 6.09 Å². The molecule has 12 heteroatoms. The van der Waals surface area contributed by atoms with E-state index in [4.69, 9.17) is 14.5 Å². The summed E-state index contributed by atoms with van der Waals surface area (Å²) in [7, 11) is 0. The van der Waals surface area contributed by atoms with Gasteiger partial charge in [-0.25, -0.2) is 23.5 Å². The van der Waals surface area contributed by atoms with Gasteiger partial charge in [0.1, 0.15) is 28.0 Å². The van der Waals surface area contributed by atoms with Crippen LogP contribution in [0.2, 0.25) is 0 Å². The number of rotatable bonds is 5. The Bertz CT molecular complexity index is 1860. The van der Waals surface area contributed by atoms with Gasteiger partial charge in [-0.15, -0.1) is 11.3 Å². The molecule has 2 aliphatic rings. The number of aromatic nitrogens is 2. The van der Waals surface area contributed by atoms with Gasteiger partial charge in [0.25, 0.3) is 0 Å². The van der Waals surface area contributed by atoms with E-state index in [0.717, 1.165) is 17.8 Å². The number of anilines is 2. The Morgan fingerprint density at radius 1 is 1.23 bits per heavy atom. The van der Waals surface area contributed by atoms with Gasteiger partial charge in [0, 0.05) is 57.5 Å². The Balaban J connectivity index is 1.51. The summed E-state index contributed by atoms with van der Waals surface area (Å²) < 4.78 is 44.4. The summed E-state index contributed by atoms with van der Waals surface area (Å²) >= 11 is 1.09. The van der Waals surface area contributed by atoms with Crippen molar-refractivity contribution in [1.29, 1.82) is 5.26 Å². The number of hydrogen-bond acceptors (Lipinski definition) is 9. The Morgan fingerprint density at radius 2 is 1.98 bits per heavy atom. The molecule has 44 heavy (non-hydrogen) atoms. The molecule has 2 aliphatic heterocycles. The molecule has 0 radical (unpaired) electrons. The Labute approximate surface area is 258 Å². The van der Waals surface area contributed by atoms with Crippen LogP contribution in [0.4, 0.5) is 24.5 Å². The molecule has 0 unspecified atom stereocenters. The van der Waals surface area contributed by atoms with E-state index in [9.17, 15) is 10.1 Å². The van der Waals surface area contributed by atoms with Gasteiger partial charge in [0.15, 0.2) is 5.82 Å². The number of halogens is 2. The maximum Gasteiger partial charge on any atom is 0.412 e. The van der Waals surface area contributed by atoms with Crippen LogP contribution in [0, 0.1) is 23.0 Å². The molecule has 2 aromatic heterocycles. The Hall–Kier alpha value is -3.92. The van der Waals surface area contributed by atoms with Crippen LogP contribution >= 0.6 is 11.3 Å². The standard InChI is InChI=1S/C32H34F2N6O3S/c1-16(2)39-32(6)9-10-40(15-32)29-36-12-18-19-13-42-14-20(19)24(26(34)27(18)37-29)25-21(33)7-8-22-23(25)17(11-35)28(44-22)38-30(41)43-31(3,4)5/h7-8,12,16,39H,9-10,13-15H2,1-6H3,(H,38,41)/t32-/m0/s1. The zero-order chi connectivity index (χ0) is 31.6. The number of nitrogens with one attached hydrogen (secondary N) is 2. The van der Waals surface area contributed by atoms with Crippen molar-refractivity contribution in [3.05, 3.63) is 46.7 Å². The molecular weight excluding hydrogens is 586 g/mol. The highest BCUT2D eigenvalue weighted by Crippen LogP contribution is 2.47. The quantitative estimate of drug-likeness (QED) is 0.245. The van der Waals surface area contributed by atoms with Crippen molar-refractivity contribution < 1.29 is 23.0 Å². The number of ether oxygens (including phenoxy) is 2. The number of benzene rings is 2. The normalized spacial score (nSPS) is 18.3. The second kappa shape index (κ2) is 10.9. The predicted octanol–water partition coefficient (Wildman–Crippen LogP) is 7.01. The minimum Gasteiger partial charge on any atom is -0.444 e. The van der Waals surface area contributed by atoms with Crippen molar-refractivity contribution in [3.8, 4) is 17.2 Å². The monoisotopic (exact) mass is 620 g/mol. The lowest BCUT2D eigenvalue weighted by molar-refractivity contribution is 0.0636. The van der Waals surface area contributed by atoms with Crippen molar-refractivity contribution in [2.24, 2.45) is 0 Å². The summed E-state index contributed by atoms with van der Waals surface area (Å²) in [6, 6.07) is 5.16. The van der Waals surface area contributed by atoms with Crippen LogP contribution in [-0.2, 0) is 22.7 Å². The maximum atomic E-state index is 16.8. The fourth-order valence-corrected chi connectivity index (χ4v) is 7.31. The molecule has 1 fully saturated rings. The lowest BCUT2D eigenvalue weighted by atomic mass is 9.90. The molecular formula is C32H34F2N6O3S. The largest absolute Gasteiger partial charge is 0.444 e. The average molecular weight is 621 g/mol. The van der Waals surface area contributed by atoms with Crippen molar-refractivity contribution >= 4 is 49.4 Å². The summed E-state index contributed by atoms with van der Waals surface area (Å²) in [6.45, 7) is 13.1. The van der Waals surface area contributed by atoms with Crippen molar-refractivity contribution in [2.75, 3.05) is 23.3 Å². The van der Waals surface area contributed by atoms with E-state index in [2.05, 4.69) is 42.5 Å². The summed E-state index contributed by atoms with van der Waals surface area (Å²) in [5.41, 5.74) is 0.300. The fourth-order valence-electron chi connectivity index (χ4n) is 6.27. The first-order chi connectivity index (χ1) is 20.8. The summed E-state index contributed by atoms with van der Waals surface area (Å²) in [4.78, 5) is 23.9. The predicted molar refractivity (Wildman–Crippen MR) is 167 cm³/mol. The Kier molecular flexibility index (Phi) is 7.47. The van der Waals surface area contributed by atoms with Crippen LogP contribution in [0.1, 0.15) is 64.7 Å². The molecule has 4 heterocycles. The third-order valence-corrected chi connectivity index (χ3v) is 8.93. The number of amides is 1. The molecule has 1 amide bonds. The third-order valence-electron chi connectivity index (χ3n) is 7.86. The van der Waals surface area contributed by atoms with Gasteiger partial charge < -0.3 is 19.7 Å². The zero-order valence-corrected chi connectivity index (χ0v) is 26.3. The zero-order valence-electron chi connectivity index (χ0n) is 25.5. The van der Waals surface area contributed by atoms with Crippen molar-refractivity contribution in [3.63, 3.8) is 0 Å². The second-order valence-corrected chi connectivity index (χ2v) is 14.0. The van der Waals surface area contributed by atoms with E-state index in [0.29, 0.717) is 46.3 Å². The molecule has 2 aromatic carbocycles. The molecule has 1 atom stereocenters. The van der Waals surface area contributed by atoms with E-state index in [1.54, 1.807) is 27.0 Å². The number of carbonyl (C=O) groups is 1. The second-order valence-electron chi connectivity index (χ2n) is 12.9.